The van der Waals surface area contributed by atoms with Gasteiger partial charge in [0.05, 0.1) is 19.3 Å². The van der Waals surface area contributed by atoms with E-state index >= 15 is 0 Å². The fourth-order valence-corrected chi connectivity index (χ4v) is 3.48. The largest absolute Gasteiger partial charge is 0.374 e. The van der Waals surface area contributed by atoms with E-state index in [9.17, 15) is 4.79 Å². The quantitative estimate of drug-likeness (QED) is 0.233. The zero-order valence-electron chi connectivity index (χ0n) is 20.3. The zero-order valence-corrected chi connectivity index (χ0v) is 22.6. The van der Waals surface area contributed by atoms with Crippen LogP contribution in [0.2, 0.25) is 0 Å². The molecule has 7 nitrogen and oxygen atoms in total. The van der Waals surface area contributed by atoms with Crippen molar-refractivity contribution >= 4 is 35.8 Å². The fourth-order valence-electron chi connectivity index (χ4n) is 3.48. The highest BCUT2D eigenvalue weighted by molar-refractivity contribution is 14.0. The second kappa shape index (κ2) is 15.4. The van der Waals surface area contributed by atoms with E-state index in [4.69, 9.17) is 9.73 Å². The molecule has 1 aliphatic rings. The van der Waals surface area contributed by atoms with Crippen LogP contribution in [-0.2, 0) is 11.3 Å². The Morgan fingerprint density at radius 2 is 1.91 bits per heavy atom. The summed E-state index contributed by atoms with van der Waals surface area (Å²) < 4.78 is 5.93. The maximum atomic E-state index is 12.2. The monoisotopic (exact) mass is 559 g/mol. The van der Waals surface area contributed by atoms with Crippen LogP contribution in [0.5, 0.6) is 0 Å². The number of aliphatic imine (C=N–C) groups is 1. The Morgan fingerprint density at radius 3 is 2.53 bits per heavy atom. The number of halogens is 1. The van der Waals surface area contributed by atoms with Crippen LogP contribution in [-0.4, -0.2) is 68.2 Å². The van der Waals surface area contributed by atoms with Crippen molar-refractivity contribution in [2.24, 2.45) is 10.9 Å². The molecule has 0 bridgehead atoms. The molecule has 2 unspecified atom stereocenters. The number of amides is 1. The summed E-state index contributed by atoms with van der Waals surface area (Å²) in [5.74, 6) is 1.42. The summed E-state index contributed by atoms with van der Waals surface area (Å²) in [6.07, 6.45) is 1.08. The predicted octanol–water partition coefficient (Wildman–Crippen LogP) is 3.24. The van der Waals surface area contributed by atoms with Crippen LogP contribution >= 0.6 is 24.0 Å². The van der Waals surface area contributed by atoms with Crippen LogP contribution in [0.3, 0.4) is 0 Å². The van der Waals surface area contributed by atoms with Crippen LogP contribution < -0.4 is 16.0 Å². The van der Waals surface area contributed by atoms with E-state index in [-0.39, 0.29) is 42.0 Å². The van der Waals surface area contributed by atoms with Crippen LogP contribution in [0.1, 0.15) is 57.0 Å². The van der Waals surface area contributed by atoms with E-state index in [1.165, 1.54) is 0 Å². The molecule has 1 aliphatic heterocycles. The molecule has 0 spiro atoms. The first-order valence-electron chi connectivity index (χ1n) is 11.7. The molecule has 1 fully saturated rings. The van der Waals surface area contributed by atoms with Gasteiger partial charge in [0.25, 0.3) is 5.91 Å². The average Bonchev–Trinajstić information content (AvgIpc) is 2.75. The Morgan fingerprint density at radius 1 is 1.19 bits per heavy atom. The van der Waals surface area contributed by atoms with Crippen LogP contribution in [0.4, 0.5) is 0 Å². The highest BCUT2D eigenvalue weighted by Gasteiger charge is 2.21. The minimum absolute atomic E-state index is 0. The van der Waals surface area contributed by atoms with Gasteiger partial charge in [-0.15, -0.1) is 24.0 Å². The molecule has 1 amide bonds. The first-order valence-corrected chi connectivity index (χ1v) is 11.7. The van der Waals surface area contributed by atoms with Crippen molar-refractivity contribution < 1.29 is 9.53 Å². The predicted molar refractivity (Wildman–Crippen MR) is 143 cm³/mol. The maximum absolute atomic E-state index is 12.2. The van der Waals surface area contributed by atoms with Crippen LogP contribution in [0.25, 0.3) is 0 Å². The van der Waals surface area contributed by atoms with Gasteiger partial charge >= 0.3 is 0 Å². The van der Waals surface area contributed by atoms with Crippen molar-refractivity contribution in [1.82, 2.24) is 20.9 Å². The standard InChI is InChI=1S/C24H41N5O2.HI/c1-6-19(5)28-23(30)21-10-8-20(9-11-21)14-26-24(25-7-2)27-15-22-17-29(12-13-31-22)16-18(3)4;/h8-11,18-19,22H,6-7,12-17H2,1-5H3,(H,28,30)(H2,25,26,27);1H. The van der Waals surface area contributed by atoms with Crippen molar-refractivity contribution in [3.63, 3.8) is 0 Å². The van der Waals surface area contributed by atoms with Gasteiger partial charge in [0.15, 0.2) is 5.96 Å². The lowest BCUT2D eigenvalue weighted by molar-refractivity contribution is -0.0284. The average molecular weight is 560 g/mol. The Kier molecular flexibility index (Phi) is 13.8. The van der Waals surface area contributed by atoms with Gasteiger partial charge in [0, 0.05) is 44.3 Å². The third-order valence-electron chi connectivity index (χ3n) is 5.31. The SMILES string of the molecule is CCNC(=NCc1ccc(C(=O)NC(C)CC)cc1)NCC1CN(CC(C)C)CCO1.I. The van der Waals surface area contributed by atoms with Gasteiger partial charge in [-0.1, -0.05) is 32.9 Å². The Hall–Kier alpha value is -1.39. The maximum Gasteiger partial charge on any atom is 0.251 e. The molecule has 0 aliphatic carbocycles. The van der Waals surface area contributed by atoms with Crippen molar-refractivity contribution in [3.05, 3.63) is 35.4 Å². The van der Waals surface area contributed by atoms with Gasteiger partial charge in [-0.05, 0) is 43.9 Å². The summed E-state index contributed by atoms with van der Waals surface area (Å²) in [6.45, 7) is 16.6. The molecule has 1 saturated heterocycles. The molecule has 2 rings (SSSR count). The normalized spacial score (nSPS) is 18.1. The summed E-state index contributed by atoms with van der Waals surface area (Å²) in [4.78, 5) is 19.4. The molecule has 0 aromatic heterocycles. The second-order valence-corrected chi connectivity index (χ2v) is 8.70. The summed E-state index contributed by atoms with van der Waals surface area (Å²) in [5, 5.41) is 9.71. The van der Waals surface area contributed by atoms with Crippen molar-refractivity contribution in [1.29, 1.82) is 0 Å². The number of rotatable bonds is 10. The van der Waals surface area contributed by atoms with Crippen molar-refractivity contribution in [2.45, 2.75) is 59.7 Å². The van der Waals surface area contributed by atoms with Gasteiger partial charge in [0.1, 0.15) is 0 Å². The minimum atomic E-state index is -0.0293. The Balaban J connectivity index is 0.00000512. The molecule has 3 N–H and O–H groups in total. The molecule has 0 saturated carbocycles. The number of benzene rings is 1. The van der Waals surface area contributed by atoms with Crippen LogP contribution in [0.15, 0.2) is 29.3 Å². The Labute approximate surface area is 211 Å². The number of nitrogens with one attached hydrogen (secondary N) is 3. The number of carbonyl (C=O) groups excluding carboxylic acids is 1. The van der Waals surface area contributed by atoms with E-state index in [0.29, 0.717) is 18.0 Å². The van der Waals surface area contributed by atoms with Gasteiger partial charge in [-0.2, -0.15) is 0 Å². The number of hydrogen-bond donors (Lipinski definition) is 3. The lowest BCUT2D eigenvalue weighted by Gasteiger charge is -2.34. The van der Waals surface area contributed by atoms with Gasteiger partial charge in [-0.25, -0.2) is 4.99 Å². The molecule has 1 aromatic rings. The smallest absolute Gasteiger partial charge is 0.251 e. The van der Waals surface area contributed by atoms with Crippen molar-refractivity contribution in [2.75, 3.05) is 39.3 Å². The number of nitrogens with zero attached hydrogens (tertiary/aromatic N) is 2. The number of guanidine groups is 1. The third kappa shape index (κ3) is 10.5. The van der Waals surface area contributed by atoms with E-state index in [1.807, 2.05) is 31.2 Å². The lowest BCUT2D eigenvalue weighted by Crippen LogP contribution is -2.50. The van der Waals surface area contributed by atoms with Crippen molar-refractivity contribution in [3.8, 4) is 0 Å². The van der Waals surface area contributed by atoms with Gasteiger partial charge in [0.2, 0.25) is 0 Å². The van der Waals surface area contributed by atoms with Crippen LogP contribution in [0, 0.1) is 5.92 Å². The lowest BCUT2D eigenvalue weighted by atomic mass is 10.1. The molecule has 8 heteroatoms. The van der Waals surface area contributed by atoms with E-state index in [0.717, 1.165) is 57.3 Å². The number of morpholine rings is 1. The molecule has 182 valence electrons. The summed E-state index contributed by atoms with van der Waals surface area (Å²) in [6, 6.07) is 7.83. The number of carbonyl (C=O) groups is 1. The molecular formula is C24H42IN5O2. The van der Waals surface area contributed by atoms with E-state index in [2.05, 4.69) is 48.5 Å². The highest BCUT2D eigenvalue weighted by Crippen LogP contribution is 2.08. The van der Waals surface area contributed by atoms with E-state index in [1.54, 1.807) is 0 Å². The molecule has 1 heterocycles. The first kappa shape index (κ1) is 28.6. The van der Waals surface area contributed by atoms with E-state index < -0.39 is 0 Å². The fraction of sp³-hybridized carbons (Fsp3) is 0.667. The highest BCUT2D eigenvalue weighted by atomic mass is 127. The molecule has 0 radical (unpaired) electrons. The topological polar surface area (TPSA) is 78.0 Å². The summed E-state index contributed by atoms with van der Waals surface area (Å²) in [5.41, 5.74) is 1.74. The molecule has 2 atom stereocenters. The molecule has 1 aromatic carbocycles. The van der Waals surface area contributed by atoms with Gasteiger partial charge in [-0.3, -0.25) is 9.69 Å². The number of hydrogen-bond acceptors (Lipinski definition) is 4. The number of ether oxygens (including phenoxy) is 1. The first-order chi connectivity index (χ1) is 14.9. The second-order valence-electron chi connectivity index (χ2n) is 8.70. The van der Waals surface area contributed by atoms with Gasteiger partial charge < -0.3 is 20.7 Å². The zero-order chi connectivity index (χ0) is 22.6. The minimum Gasteiger partial charge on any atom is -0.374 e. The molecule has 32 heavy (non-hydrogen) atoms. The third-order valence-corrected chi connectivity index (χ3v) is 5.31. The Bertz CT molecular complexity index is 696. The summed E-state index contributed by atoms with van der Waals surface area (Å²) in [7, 11) is 0. The summed E-state index contributed by atoms with van der Waals surface area (Å²) >= 11 is 0. The molecular weight excluding hydrogens is 517 g/mol.